The maximum Gasteiger partial charge on any atom is 0.337 e. The Labute approximate surface area is 103 Å². The van der Waals surface area contributed by atoms with Crippen molar-refractivity contribution in [2.45, 2.75) is 0 Å². The standard InChI is InChI=1S/C12H12FNO2S/c1-2-6-17-7-5-14-11-4-3-9(13)8-10(11)12(15)16/h1,3-4,8,14H,5-7H2,(H,15,16). The van der Waals surface area contributed by atoms with E-state index in [1.165, 1.54) is 12.1 Å². The maximum absolute atomic E-state index is 12.9. The van der Waals surface area contributed by atoms with E-state index in [2.05, 4.69) is 11.2 Å². The Balaban J connectivity index is 2.59. The summed E-state index contributed by atoms with van der Waals surface area (Å²) in [5, 5.41) is 11.8. The first-order chi connectivity index (χ1) is 8.15. The summed E-state index contributed by atoms with van der Waals surface area (Å²) in [7, 11) is 0. The van der Waals surface area contributed by atoms with Crippen molar-refractivity contribution in [2.75, 3.05) is 23.4 Å². The fraction of sp³-hybridized carbons (Fsp3) is 0.250. The Morgan fingerprint density at radius 2 is 2.35 bits per heavy atom. The third-order valence-corrected chi connectivity index (χ3v) is 2.82. The molecule has 0 bridgehead atoms. The summed E-state index contributed by atoms with van der Waals surface area (Å²) >= 11 is 1.57. The van der Waals surface area contributed by atoms with E-state index < -0.39 is 11.8 Å². The number of aromatic carboxylic acids is 1. The molecule has 17 heavy (non-hydrogen) atoms. The molecule has 0 saturated carbocycles. The molecule has 0 fully saturated rings. The molecule has 1 aromatic rings. The highest BCUT2D eigenvalue weighted by molar-refractivity contribution is 7.99. The van der Waals surface area contributed by atoms with Crippen LogP contribution in [0.25, 0.3) is 0 Å². The van der Waals surface area contributed by atoms with Crippen LogP contribution in [0.3, 0.4) is 0 Å². The number of rotatable bonds is 6. The second kappa shape index (κ2) is 6.81. The van der Waals surface area contributed by atoms with E-state index in [9.17, 15) is 9.18 Å². The van der Waals surface area contributed by atoms with Gasteiger partial charge < -0.3 is 10.4 Å². The number of hydrogen-bond donors (Lipinski definition) is 2. The molecule has 0 atom stereocenters. The van der Waals surface area contributed by atoms with Gasteiger partial charge in [-0.25, -0.2) is 9.18 Å². The van der Waals surface area contributed by atoms with Crippen LogP contribution in [0.5, 0.6) is 0 Å². The van der Waals surface area contributed by atoms with E-state index in [0.717, 1.165) is 11.8 Å². The first-order valence-electron chi connectivity index (χ1n) is 4.93. The molecule has 5 heteroatoms. The summed E-state index contributed by atoms with van der Waals surface area (Å²) in [5.74, 6) is 2.17. The summed E-state index contributed by atoms with van der Waals surface area (Å²) in [6.45, 7) is 0.582. The Bertz CT molecular complexity index is 443. The van der Waals surface area contributed by atoms with Crippen LogP contribution in [0.15, 0.2) is 18.2 Å². The fourth-order valence-electron chi connectivity index (χ4n) is 1.24. The Hall–Kier alpha value is -1.67. The van der Waals surface area contributed by atoms with Gasteiger partial charge in [0.25, 0.3) is 0 Å². The molecule has 0 heterocycles. The van der Waals surface area contributed by atoms with Gasteiger partial charge in [-0.3, -0.25) is 0 Å². The van der Waals surface area contributed by atoms with Crippen LogP contribution in [0.2, 0.25) is 0 Å². The van der Waals surface area contributed by atoms with Crippen molar-refractivity contribution in [1.82, 2.24) is 0 Å². The van der Waals surface area contributed by atoms with Crippen LogP contribution in [-0.4, -0.2) is 29.1 Å². The summed E-state index contributed by atoms with van der Waals surface area (Å²) in [6, 6.07) is 3.65. The number of carbonyl (C=O) groups is 1. The van der Waals surface area contributed by atoms with Crippen LogP contribution in [0.4, 0.5) is 10.1 Å². The average molecular weight is 253 g/mol. The highest BCUT2D eigenvalue weighted by Gasteiger charge is 2.10. The van der Waals surface area contributed by atoms with Gasteiger partial charge in [0, 0.05) is 18.0 Å². The number of halogens is 1. The van der Waals surface area contributed by atoms with Gasteiger partial charge in [0.05, 0.1) is 11.3 Å². The molecule has 0 unspecified atom stereocenters. The molecule has 90 valence electrons. The van der Waals surface area contributed by atoms with Gasteiger partial charge in [0.1, 0.15) is 5.82 Å². The lowest BCUT2D eigenvalue weighted by molar-refractivity contribution is 0.0697. The lowest BCUT2D eigenvalue weighted by atomic mass is 10.1. The maximum atomic E-state index is 12.9. The molecule has 1 rings (SSSR count). The van der Waals surface area contributed by atoms with Crippen LogP contribution < -0.4 is 5.32 Å². The molecule has 0 aromatic heterocycles. The van der Waals surface area contributed by atoms with Gasteiger partial charge in [-0.05, 0) is 18.2 Å². The molecule has 0 aliphatic rings. The lowest BCUT2D eigenvalue weighted by Crippen LogP contribution is -2.09. The topological polar surface area (TPSA) is 49.3 Å². The molecule has 0 spiro atoms. The van der Waals surface area contributed by atoms with Gasteiger partial charge in [-0.15, -0.1) is 18.2 Å². The zero-order valence-electron chi connectivity index (χ0n) is 9.07. The first kappa shape index (κ1) is 13.4. The molecule has 0 radical (unpaired) electrons. The minimum Gasteiger partial charge on any atom is -0.478 e. The minimum absolute atomic E-state index is 0.0630. The number of terminal acetylenes is 1. The average Bonchev–Trinajstić information content (AvgIpc) is 2.30. The molecular weight excluding hydrogens is 241 g/mol. The molecule has 1 aromatic carbocycles. The predicted octanol–water partition coefficient (Wildman–Crippen LogP) is 2.30. The molecular formula is C12H12FNO2S. The monoisotopic (exact) mass is 253 g/mol. The molecule has 3 nitrogen and oxygen atoms in total. The second-order valence-corrected chi connectivity index (χ2v) is 4.28. The zero-order valence-corrected chi connectivity index (χ0v) is 9.89. The van der Waals surface area contributed by atoms with Crippen molar-refractivity contribution in [3.8, 4) is 12.3 Å². The smallest absolute Gasteiger partial charge is 0.337 e. The van der Waals surface area contributed by atoms with Gasteiger partial charge >= 0.3 is 5.97 Å². The normalized spacial score (nSPS) is 9.65. The van der Waals surface area contributed by atoms with E-state index in [1.54, 1.807) is 11.8 Å². The van der Waals surface area contributed by atoms with E-state index in [-0.39, 0.29) is 5.56 Å². The highest BCUT2D eigenvalue weighted by atomic mass is 32.2. The van der Waals surface area contributed by atoms with Gasteiger partial charge in [-0.1, -0.05) is 5.92 Å². The predicted molar refractivity (Wildman–Crippen MR) is 68.0 cm³/mol. The number of anilines is 1. The third-order valence-electron chi connectivity index (χ3n) is 1.96. The van der Waals surface area contributed by atoms with Crippen LogP contribution in [-0.2, 0) is 0 Å². The van der Waals surface area contributed by atoms with Gasteiger partial charge in [0.2, 0.25) is 0 Å². The largest absolute Gasteiger partial charge is 0.478 e. The summed E-state index contributed by atoms with van der Waals surface area (Å²) in [5.41, 5.74) is 0.354. The number of benzene rings is 1. The Morgan fingerprint density at radius 3 is 3.00 bits per heavy atom. The second-order valence-electron chi connectivity index (χ2n) is 3.18. The lowest BCUT2D eigenvalue weighted by Gasteiger charge is -2.08. The van der Waals surface area contributed by atoms with E-state index >= 15 is 0 Å². The molecule has 0 aliphatic heterocycles. The van der Waals surface area contributed by atoms with Crippen molar-refractivity contribution >= 4 is 23.4 Å². The van der Waals surface area contributed by atoms with E-state index in [4.69, 9.17) is 11.5 Å². The Kier molecular flexibility index (Phi) is 5.37. The zero-order chi connectivity index (χ0) is 12.7. The number of hydrogen-bond acceptors (Lipinski definition) is 3. The van der Waals surface area contributed by atoms with Crippen LogP contribution in [0.1, 0.15) is 10.4 Å². The summed E-state index contributed by atoms with van der Waals surface area (Å²) < 4.78 is 12.9. The van der Waals surface area contributed by atoms with Gasteiger partial charge in [0.15, 0.2) is 0 Å². The molecule has 0 amide bonds. The quantitative estimate of drug-likeness (QED) is 0.603. The SMILES string of the molecule is C#CCSCCNc1ccc(F)cc1C(=O)O. The number of thioether (sulfide) groups is 1. The molecule has 2 N–H and O–H groups in total. The number of carboxylic acids is 1. The Morgan fingerprint density at radius 1 is 1.59 bits per heavy atom. The van der Waals surface area contributed by atoms with Crippen LogP contribution >= 0.6 is 11.8 Å². The number of nitrogens with one attached hydrogen (secondary N) is 1. The first-order valence-corrected chi connectivity index (χ1v) is 6.08. The summed E-state index contributed by atoms with van der Waals surface area (Å²) in [6.07, 6.45) is 5.09. The van der Waals surface area contributed by atoms with Crippen molar-refractivity contribution in [2.24, 2.45) is 0 Å². The van der Waals surface area contributed by atoms with Gasteiger partial charge in [-0.2, -0.15) is 0 Å². The fourth-order valence-corrected chi connectivity index (χ4v) is 1.75. The van der Waals surface area contributed by atoms with Crippen LogP contribution in [0, 0.1) is 18.2 Å². The minimum atomic E-state index is -1.15. The highest BCUT2D eigenvalue weighted by Crippen LogP contribution is 2.17. The molecule has 0 aliphatic carbocycles. The van der Waals surface area contributed by atoms with E-state index in [0.29, 0.717) is 18.0 Å². The summed E-state index contributed by atoms with van der Waals surface area (Å²) in [4.78, 5) is 10.9. The number of carboxylic acid groups (broad SMARTS) is 1. The van der Waals surface area contributed by atoms with Crippen molar-refractivity contribution in [1.29, 1.82) is 0 Å². The van der Waals surface area contributed by atoms with E-state index in [1.807, 2.05) is 0 Å². The van der Waals surface area contributed by atoms with Crippen molar-refractivity contribution < 1.29 is 14.3 Å². The molecule has 0 saturated heterocycles. The van der Waals surface area contributed by atoms with Crippen molar-refractivity contribution in [3.05, 3.63) is 29.6 Å². The third kappa shape index (κ3) is 4.37. The van der Waals surface area contributed by atoms with Crippen molar-refractivity contribution in [3.63, 3.8) is 0 Å².